The SMILES string of the molecule is Cc1cccc(N2C(=O)c3ccc(Oc4ccc(NC(=O)CCS(=O)(=O)c5ccc(Br)cc5)cc4)cc3C2=O)c1. The zero-order valence-corrected chi connectivity index (χ0v) is 23.7. The summed E-state index contributed by atoms with van der Waals surface area (Å²) in [7, 11) is -3.59. The molecule has 0 saturated carbocycles. The number of fused-ring (bicyclic) bond motifs is 1. The van der Waals surface area contributed by atoms with E-state index in [1.165, 1.54) is 18.2 Å². The van der Waals surface area contributed by atoms with Crippen molar-refractivity contribution in [2.75, 3.05) is 16.0 Å². The van der Waals surface area contributed by atoms with E-state index in [1.54, 1.807) is 66.7 Å². The molecule has 0 aromatic heterocycles. The molecule has 0 saturated heterocycles. The van der Waals surface area contributed by atoms with Crippen molar-refractivity contribution in [3.05, 3.63) is 112 Å². The van der Waals surface area contributed by atoms with Crippen LogP contribution in [0.5, 0.6) is 11.5 Å². The Balaban J connectivity index is 1.20. The van der Waals surface area contributed by atoms with Gasteiger partial charge in [0.25, 0.3) is 11.8 Å². The predicted molar refractivity (Wildman–Crippen MR) is 155 cm³/mol. The maximum atomic E-state index is 13.0. The monoisotopic (exact) mass is 618 g/mol. The second-order valence-corrected chi connectivity index (χ2v) is 12.2. The van der Waals surface area contributed by atoms with E-state index in [-0.39, 0.29) is 28.5 Å². The van der Waals surface area contributed by atoms with E-state index in [9.17, 15) is 22.8 Å². The molecule has 1 heterocycles. The Morgan fingerprint density at radius 1 is 0.850 bits per heavy atom. The average molecular weight is 619 g/mol. The third-order valence-corrected chi connectivity index (χ3v) is 8.52. The van der Waals surface area contributed by atoms with Crippen LogP contribution < -0.4 is 15.0 Å². The van der Waals surface area contributed by atoms with Crippen molar-refractivity contribution < 1.29 is 27.5 Å². The van der Waals surface area contributed by atoms with Crippen LogP contribution in [0.3, 0.4) is 0 Å². The number of imide groups is 1. The first-order valence-corrected chi connectivity index (χ1v) is 14.7. The minimum atomic E-state index is -3.59. The maximum absolute atomic E-state index is 13.0. The summed E-state index contributed by atoms with van der Waals surface area (Å²) in [5.41, 5.74) is 2.48. The third kappa shape index (κ3) is 5.83. The summed E-state index contributed by atoms with van der Waals surface area (Å²) in [5.74, 6) is -0.737. The van der Waals surface area contributed by atoms with E-state index in [0.29, 0.717) is 28.4 Å². The number of halogens is 1. The summed E-state index contributed by atoms with van der Waals surface area (Å²) >= 11 is 3.27. The van der Waals surface area contributed by atoms with Crippen molar-refractivity contribution in [2.45, 2.75) is 18.2 Å². The average Bonchev–Trinajstić information content (AvgIpc) is 3.18. The van der Waals surface area contributed by atoms with Gasteiger partial charge in [-0.2, -0.15) is 0 Å². The van der Waals surface area contributed by atoms with Crippen molar-refractivity contribution in [1.82, 2.24) is 0 Å². The van der Waals surface area contributed by atoms with Crippen LogP contribution in [0.1, 0.15) is 32.7 Å². The minimum absolute atomic E-state index is 0.158. The molecule has 40 heavy (non-hydrogen) atoms. The predicted octanol–water partition coefficient (Wildman–Crippen LogP) is 6.15. The lowest BCUT2D eigenvalue weighted by molar-refractivity contribution is -0.115. The Morgan fingerprint density at radius 3 is 2.23 bits per heavy atom. The standard InChI is InChI=1S/C30H23BrN2O6S/c1-19-3-2-4-22(17-19)33-29(35)26-14-11-24(18-27(26)30(33)36)39-23-9-7-21(8-10-23)32-28(34)15-16-40(37,38)25-12-5-20(31)6-13-25/h2-14,17-18H,15-16H2,1H3,(H,32,34). The second kappa shape index (κ2) is 11.1. The van der Waals surface area contributed by atoms with Crippen LogP contribution in [0, 0.1) is 6.92 Å². The number of nitrogens with zero attached hydrogens (tertiary/aromatic N) is 1. The molecule has 8 nitrogen and oxygen atoms in total. The van der Waals surface area contributed by atoms with Crippen molar-refractivity contribution in [3.8, 4) is 11.5 Å². The number of amides is 3. The van der Waals surface area contributed by atoms with Gasteiger partial charge in [0, 0.05) is 16.6 Å². The molecule has 0 aliphatic carbocycles. The van der Waals surface area contributed by atoms with Crippen LogP contribution in [0.25, 0.3) is 0 Å². The summed E-state index contributed by atoms with van der Waals surface area (Å²) in [6, 6.07) is 24.7. The zero-order chi connectivity index (χ0) is 28.4. The van der Waals surface area contributed by atoms with Crippen LogP contribution in [-0.2, 0) is 14.6 Å². The number of rotatable bonds is 8. The molecule has 3 amide bonds. The van der Waals surface area contributed by atoms with Gasteiger partial charge in [-0.25, -0.2) is 13.3 Å². The van der Waals surface area contributed by atoms with Crippen LogP contribution in [0.2, 0.25) is 0 Å². The molecule has 4 aromatic rings. The first-order chi connectivity index (χ1) is 19.1. The summed E-state index contributed by atoms with van der Waals surface area (Å²) in [6.45, 7) is 1.89. The van der Waals surface area contributed by atoms with Gasteiger partial charge in [-0.1, -0.05) is 28.1 Å². The van der Waals surface area contributed by atoms with Gasteiger partial charge in [-0.3, -0.25) is 14.4 Å². The Morgan fingerprint density at radius 2 is 1.52 bits per heavy atom. The summed E-state index contributed by atoms with van der Waals surface area (Å²) in [6.07, 6.45) is -0.196. The van der Waals surface area contributed by atoms with E-state index in [0.717, 1.165) is 14.9 Å². The molecule has 0 fully saturated rings. The zero-order valence-electron chi connectivity index (χ0n) is 21.3. The van der Waals surface area contributed by atoms with Crippen LogP contribution >= 0.6 is 15.9 Å². The Labute approximate surface area is 239 Å². The van der Waals surface area contributed by atoms with Gasteiger partial charge >= 0.3 is 0 Å². The van der Waals surface area contributed by atoms with Gasteiger partial charge in [0.2, 0.25) is 5.91 Å². The molecule has 1 N–H and O–H groups in total. The molecule has 1 aliphatic heterocycles. The number of carbonyl (C=O) groups is 3. The molecule has 0 radical (unpaired) electrons. The highest BCUT2D eigenvalue weighted by molar-refractivity contribution is 9.10. The number of hydrogen-bond acceptors (Lipinski definition) is 6. The summed E-state index contributed by atoms with van der Waals surface area (Å²) < 4.78 is 31.6. The van der Waals surface area contributed by atoms with Crippen molar-refractivity contribution in [2.24, 2.45) is 0 Å². The third-order valence-electron chi connectivity index (χ3n) is 6.26. The van der Waals surface area contributed by atoms with Crippen LogP contribution in [0.15, 0.2) is 100 Å². The lowest BCUT2D eigenvalue weighted by Crippen LogP contribution is -2.29. The van der Waals surface area contributed by atoms with Crippen LogP contribution in [0.4, 0.5) is 11.4 Å². The van der Waals surface area contributed by atoms with Crippen LogP contribution in [-0.4, -0.2) is 31.9 Å². The van der Waals surface area contributed by atoms with E-state index in [1.807, 2.05) is 13.0 Å². The number of carbonyl (C=O) groups excluding carboxylic acids is 3. The first kappa shape index (κ1) is 27.3. The molecule has 202 valence electrons. The molecule has 0 bridgehead atoms. The van der Waals surface area contributed by atoms with E-state index < -0.39 is 21.7 Å². The van der Waals surface area contributed by atoms with Gasteiger partial charge in [0.15, 0.2) is 9.84 Å². The Bertz CT molecular complexity index is 1740. The largest absolute Gasteiger partial charge is 0.457 e. The van der Waals surface area contributed by atoms with Gasteiger partial charge < -0.3 is 10.1 Å². The number of sulfone groups is 1. The summed E-state index contributed by atoms with van der Waals surface area (Å²) in [5, 5.41) is 2.68. The number of hydrogen-bond donors (Lipinski definition) is 1. The van der Waals surface area contributed by atoms with Crippen molar-refractivity contribution in [1.29, 1.82) is 0 Å². The normalized spacial score (nSPS) is 12.8. The highest BCUT2D eigenvalue weighted by Crippen LogP contribution is 2.33. The summed E-state index contributed by atoms with van der Waals surface area (Å²) in [4.78, 5) is 39.6. The molecule has 4 aromatic carbocycles. The molecule has 0 atom stereocenters. The molecule has 5 rings (SSSR count). The van der Waals surface area contributed by atoms with Gasteiger partial charge in [0.1, 0.15) is 11.5 Å². The number of aryl methyl sites for hydroxylation is 1. The number of anilines is 2. The lowest BCUT2D eigenvalue weighted by Gasteiger charge is -2.14. The molecular weight excluding hydrogens is 596 g/mol. The Kier molecular flexibility index (Phi) is 7.55. The van der Waals surface area contributed by atoms with E-state index in [4.69, 9.17) is 4.74 Å². The second-order valence-electron chi connectivity index (χ2n) is 9.19. The fraction of sp³-hybridized carbons (Fsp3) is 0.100. The fourth-order valence-corrected chi connectivity index (χ4v) is 5.74. The molecule has 0 unspecified atom stereocenters. The number of nitrogens with one attached hydrogen (secondary N) is 1. The van der Waals surface area contributed by atoms with Gasteiger partial charge in [-0.05, 0) is 91.3 Å². The van der Waals surface area contributed by atoms with E-state index in [2.05, 4.69) is 21.2 Å². The number of ether oxygens (including phenoxy) is 1. The molecular formula is C30H23BrN2O6S. The fourth-order valence-electron chi connectivity index (χ4n) is 4.24. The molecule has 0 spiro atoms. The quantitative estimate of drug-likeness (QED) is 0.237. The van der Waals surface area contributed by atoms with Crippen molar-refractivity contribution >= 4 is 54.9 Å². The maximum Gasteiger partial charge on any atom is 0.266 e. The highest BCUT2D eigenvalue weighted by Gasteiger charge is 2.37. The lowest BCUT2D eigenvalue weighted by atomic mass is 10.1. The topological polar surface area (TPSA) is 110 Å². The van der Waals surface area contributed by atoms with Gasteiger partial charge in [-0.15, -0.1) is 0 Å². The number of benzene rings is 4. The molecule has 1 aliphatic rings. The smallest absolute Gasteiger partial charge is 0.266 e. The Hall–Kier alpha value is -4.28. The van der Waals surface area contributed by atoms with E-state index >= 15 is 0 Å². The first-order valence-electron chi connectivity index (χ1n) is 12.3. The minimum Gasteiger partial charge on any atom is -0.457 e. The highest BCUT2D eigenvalue weighted by atomic mass is 79.9. The van der Waals surface area contributed by atoms with Crippen molar-refractivity contribution in [3.63, 3.8) is 0 Å². The van der Waals surface area contributed by atoms with Gasteiger partial charge in [0.05, 0.1) is 27.5 Å². The molecule has 10 heteroatoms.